The molecule has 2 aliphatic rings. The van der Waals surface area contributed by atoms with E-state index in [1.54, 1.807) is 48.4 Å². The number of nitriles is 1. The van der Waals surface area contributed by atoms with Gasteiger partial charge in [0.25, 0.3) is 5.91 Å². The quantitative estimate of drug-likeness (QED) is 0.787. The molecule has 0 bridgehead atoms. The van der Waals surface area contributed by atoms with E-state index >= 15 is 0 Å². The standard InChI is InChI=1S/C21H18ClN3O3/c1-27-18-7-6-16(22)11-17(18)19-24-28-21(8-3-9-21)20(26)25(19)13-15-5-2-4-14(10-15)12-23/h2,4-7,10-11H,3,8-9,13H2,1H3. The fourth-order valence-corrected chi connectivity index (χ4v) is 3.65. The molecule has 2 aromatic carbocycles. The van der Waals surface area contributed by atoms with Crippen LogP contribution in [0.2, 0.25) is 5.02 Å². The second-order valence-corrected chi connectivity index (χ2v) is 7.34. The Labute approximate surface area is 167 Å². The third-order valence-electron chi connectivity index (χ3n) is 5.16. The number of ether oxygens (including phenoxy) is 1. The van der Waals surface area contributed by atoms with E-state index in [1.165, 1.54) is 0 Å². The number of oxime groups is 1. The van der Waals surface area contributed by atoms with E-state index in [9.17, 15) is 10.1 Å². The smallest absolute Gasteiger partial charge is 0.275 e. The van der Waals surface area contributed by atoms with Crippen molar-refractivity contribution in [1.29, 1.82) is 5.26 Å². The third-order valence-corrected chi connectivity index (χ3v) is 5.39. The monoisotopic (exact) mass is 395 g/mol. The summed E-state index contributed by atoms with van der Waals surface area (Å²) in [5.74, 6) is 0.761. The number of carbonyl (C=O) groups excluding carboxylic acids is 1. The van der Waals surface area contributed by atoms with Gasteiger partial charge in [0.2, 0.25) is 5.60 Å². The van der Waals surface area contributed by atoms with Crippen LogP contribution in [-0.4, -0.2) is 29.4 Å². The maximum absolute atomic E-state index is 13.3. The Morgan fingerprint density at radius 1 is 1.32 bits per heavy atom. The Morgan fingerprint density at radius 3 is 2.82 bits per heavy atom. The number of hydrogen-bond donors (Lipinski definition) is 0. The molecule has 28 heavy (non-hydrogen) atoms. The predicted octanol–water partition coefficient (Wildman–Crippen LogP) is 3.86. The number of amides is 1. The highest BCUT2D eigenvalue weighted by Gasteiger charge is 2.53. The molecule has 1 aliphatic heterocycles. The zero-order valence-electron chi connectivity index (χ0n) is 15.3. The van der Waals surface area contributed by atoms with Crippen molar-refractivity contribution in [3.05, 3.63) is 64.2 Å². The Bertz CT molecular complexity index is 1010. The van der Waals surface area contributed by atoms with Crippen LogP contribution >= 0.6 is 11.6 Å². The van der Waals surface area contributed by atoms with Crippen LogP contribution in [0, 0.1) is 11.3 Å². The van der Waals surface area contributed by atoms with Crippen LogP contribution < -0.4 is 4.74 Å². The van der Waals surface area contributed by atoms with Gasteiger partial charge in [-0.1, -0.05) is 28.9 Å². The SMILES string of the molecule is COc1ccc(Cl)cc1C1=NOC2(CCC2)C(=O)N1Cc1cccc(C#N)c1. The van der Waals surface area contributed by atoms with Crippen molar-refractivity contribution in [2.45, 2.75) is 31.4 Å². The predicted molar refractivity (Wildman–Crippen MR) is 104 cm³/mol. The van der Waals surface area contributed by atoms with E-state index in [0.717, 1.165) is 12.0 Å². The van der Waals surface area contributed by atoms with Crippen molar-refractivity contribution in [3.8, 4) is 11.8 Å². The highest BCUT2D eigenvalue weighted by molar-refractivity contribution is 6.31. The Hall–Kier alpha value is -3.04. The van der Waals surface area contributed by atoms with Gasteiger partial charge in [-0.25, -0.2) is 0 Å². The Morgan fingerprint density at radius 2 is 2.14 bits per heavy atom. The van der Waals surface area contributed by atoms with Gasteiger partial charge in [-0.2, -0.15) is 5.26 Å². The molecule has 1 fully saturated rings. The summed E-state index contributed by atoms with van der Waals surface area (Å²) in [5.41, 5.74) is 1.06. The van der Waals surface area contributed by atoms with Crippen molar-refractivity contribution in [1.82, 2.24) is 4.90 Å². The highest BCUT2D eigenvalue weighted by Crippen LogP contribution is 2.41. The Balaban J connectivity index is 1.78. The van der Waals surface area contributed by atoms with Gasteiger partial charge in [-0.05, 0) is 55.2 Å². The number of methoxy groups -OCH3 is 1. The molecule has 0 atom stereocenters. The number of carbonyl (C=O) groups is 1. The minimum absolute atomic E-state index is 0.131. The number of halogens is 1. The van der Waals surface area contributed by atoms with Crippen LogP contribution in [0.15, 0.2) is 47.6 Å². The summed E-state index contributed by atoms with van der Waals surface area (Å²) >= 11 is 6.18. The fourth-order valence-electron chi connectivity index (χ4n) is 3.48. The topological polar surface area (TPSA) is 74.9 Å². The van der Waals surface area contributed by atoms with Gasteiger partial charge >= 0.3 is 0 Å². The molecule has 0 saturated heterocycles. The molecule has 1 amide bonds. The maximum atomic E-state index is 13.3. The Kier molecular flexibility index (Phi) is 4.70. The molecule has 6 nitrogen and oxygen atoms in total. The largest absolute Gasteiger partial charge is 0.496 e. The molecule has 1 aliphatic carbocycles. The van der Waals surface area contributed by atoms with Crippen LogP contribution in [-0.2, 0) is 16.2 Å². The van der Waals surface area contributed by atoms with E-state index in [4.69, 9.17) is 21.2 Å². The van der Waals surface area contributed by atoms with E-state index in [-0.39, 0.29) is 12.5 Å². The molecule has 1 saturated carbocycles. The van der Waals surface area contributed by atoms with Gasteiger partial charge in [0, 0.05) is 5.02 Å². The minimum atomic E-state index is -0.887. The summed E-state index contributed by atoms with van der Waals surface area (Å²) in [6.07, 6.45) is 2.21. The molecule has 142 valence electrons. The van der Waals surface area contributed by atoms with Gasteiger partial charge < -0.3 is 9.57 Å². The van der Waals surface area contributed by atoms with Crippen molar-refractivity contribution >= 4 is 23.3 Å². The van der Waals surface area contributed by atoms with Crippen molar-refractivity contribution in [2.75, 3.05) is 7.11 Å². The molecular weight excluding hydrogens is 378 g/mol. The number of amidine groups is 1. The lowest BCUT2D eigenvalue weighted by molar-refractivity contribution is -0.173. The summed E-state index contributed by atoms with van der Waals surface area (Å²) in [5, 5.41) is 14.0. The molecule has 7 heteroatoms. The lowest BCUT2D eigenvalue weighted by atomic mass is 9.78. The minimum Gasteiger partial charge on any atom is -0.496 e. The van der Waals surface area contributed by atoms with Crippen LogP contribution in [0.25, 0.3) is 0 Å². The summed E-state index contributed by atoms with van der Waals surface area (Å²) in [6.45, 7) is 0.272. The van der Waals surface area contributed by atoms with Crippen LogP contribution in [0.5, 0.6) is 5.75 Å². The van der Waals surface area contributed by atoms with Crippen molar-refractivity contribution in [2.24, 2.45) is 5.16 Å². The van der Waals surface area contributed by atoms with E-state index in [2.05, 4.69) is 11.2 Å². The lowest BCUT2D eigenvalue weighted by Crippen LogP contribution is -2.58. The van der Waals surface area contributed by atoms with Gasteiger partial charge in [0.05, 0.1) is 30.9 Å². The van der Waals surface area contributed by atoms with Gasteiger partial charge in [-0.3, -0.25) is 9.69 Å². The second-order valence-electron chi connectivity index (χ2n) is 6.90. The molecule has 0 N–H and O–H groups in total. The zero-order chi connectivity index (χ0) is 19.7. The zero-order valence-corrected chi connectivity index (χ0v) is 16.1. The molecule has 1 heterocycles. The second kappa shape index (κ2) is 7.17. The van der Waals surface area contributed by atoms with Crippen molar-refractivity contribution in [3.63, 3.8) is 0 Å². The van der Waals surface area contributed by atoms with Gasteiger partial charge in [0.15, 0.2) is 5.84 Å². The van der Waals surface area contributed by atoms with Crippen LogP contribution in [0.3, 0.4) is 0 Å². The first-order valence-corrected chi connectivity index (χ1v) is 9.35. The first kappa shape index (κ1) is 18.3. The average Bonchev–Trinajstić information content (AvgIpc) is 2.68. The molecular formula is C21H18ClN3O3. The number of nitrogens with zero attached hydrogens (tertiary/aromatic N) is 3. The first-order chi connectivity index (χ1) is 13.6. The van der Waals surface area contributed by atoms with E-state index in [0.29, 0.717) is 40.6 Å². The first-order valence-electron chi connectivity index (χ1n) is 8.97. The van der Waals surface area contributed by atoms with E-state index in [1.807, 2.05) is 6.07 Å². The number of hydrogen-bond acceptors (Lipinski definition) is 5. The fraction of sp³-hybridized carbons (Fsp3) is 0.286. The maximum Gasteiger partial charge on any atom is 0.275 e. The third kappa shape index (κ3) is 3.08. The molecule has 0 aromatic heterocycles. The van der Waals surface area contributed by atoms with Crippen LogP contribution in [0.1, 0.15) is 36.0 Å². The van der Waals surface area contributed by atoms with Crippen molar-refractivity contribution < 1.29 is 14.4 Å². The summed E-state index contributed by atoms with van der Waals surface area (Å²) in [6, 6.07) is 14.4. The molecule has 1 spiro atoms. The van der Waals surface area contributed by atoms with Gasteiger partial charge in [0.1, 0.15) is 5.75 Å². The summed E-state index contributed by atoms with van der Waals surface area (Å²) in [4.78, 5) is 20.6. The highest BCUT2D eigenvalue weighted by atomic mass is 35.5. The van der Waals surface area contributed by atoms with Crippen LogP contribution in [0.4, 0.5) is 0 Å². The molecule has 2 aromatic rings. The number of rotatable bonds is 4. The normalized spacial score (nSPS) is 17.4. The average molecular weight is 396 g/mol. The van der Waals surface area contributed by atoms with E-state index < -0.39 is 5.60 Å². The van der Waals surface area contributed by atoms with Gasteiger partial charge in [-0.15, -0.1) is 0 Å². The number of benzene rings is 2. The summed E-state index contributed by atoms with van der Waals surface area (Å²) < 4.78 is 5.44. The molecule has 0 radical (unpaired) electrons. The molecule has 0 unspecified atom stereocenters. The summed E-state index contributed by atoms with van der Waals surface area (Å²) in [7, 11) is 1.55. The lowest BCUT2D eigenvalue weighted by Gasteiger charge is -2.44. The molecule has 4 rings (SSSR count).